The molecule has 27 heavy (non-hydrogen) atoms. The number of aliphatic carboxylic acids is 1. The lowest BCUT2D eigenvalue weighted by Crippen LogP contribution is -2.41. The lowest BCUT2D eigenvalue weighted by molar-refractivity contribution is -0.138. The second kappa shape index (κ2) is 7.26. The topological polar surface area (TPSA) is 80.4 Å². The highest BCUT2D eigenvalue weighted by atomic mass is 16.4. The summed E-state index contributed by atoms with van der Waals surface area (Å²) in [7, 11) is 0. The molecular weight excluding hydrogens is 344 g/mol. The van der Waals surface area contributed by atoms with Crippen molar-refractivity contribution >= 4 is 22.8 Å². The Morgan fingerprint density at radius 2 is 2.00 bits per heavy atom. The number of nitrogens with zero attached hydrogens (tertiary/aromatic N) is 4. The Morgan fingerprint density at radius 3 is 2.85 bits per heavy atom. The van der Waals surface area contributed by atoms with Gasteiger partial charge in [-0.1, -0.05) is 18.2 Å². The molecule has 4 rings (SSSR count). The Morgan fingerprint density at radius 1 is 1.15 bits per heavy atom. The zero-order chi connectivity index (χ0) is 18.8. The Hall–Kier alpha value is -3.09. The molecule has 3 aromatic rings. The Kier molecular flexibility index (Phi) is 4.66. The minimum Gasteiger partial charge on any atom is -0.480 e. The van der Waals surface area contributed by atoms with Crippen molar-refractivity contribution in [2.45, 2.75) is 31.8 Å². The van der Waals surface area contributed by atoms with Crippen molar-refractivity contribution < 1.29 is 14.7 Å². The third kappa shape index (κ3) is 3.58. The summed E-state index contributed by atoms with van der Waals surface area (Å²) in [5, 5.41) is 14.3. The molecule has 2 aromatic heterocycles. The van der Waals surface area contributed by atoms with Crippen LogP contribution >= 0.6 is 0 Å². The van der Waals surface area contributed by atoms with Crippen molar-refractivity contribution in [2.24, 2.45) is 0 Å². The zero-order valence-electron chi connectivity index (χ0n) is 15.0. The van der Waals surface area contributed by atoms with E-state index >= 15 is 0 Å². The molecular formula is C20H22N4O3. The molecule has 0 aliphatic carbocycles. The van der Waals surface area contributed by atoms with Crippen LogP contribution in [-0.4, -0.2) is 49.3 Å². The minimum atomic E-state index is -0.914. The molecule has 0 saturated carbocycles. The maximum atomic E-state index is 12.9. The van der Waals surface area contributed by atoms with Crippen molar-refractivity contribution in [3.8, 4) is 0 Å². The van der Waals surface area contributed by atoms with E-state index in [1.165, 1.54) is 4.68 Å². The third-order valence-corrected chi connectivity index (χ3v) is 5.21. The first kappa shape index (κ1) is 17.3. The average molecular weight is 366 g/mol. The summed E-state index contributed by atoms with van der Waals surface area (Å²) in [6.07, 6.45) is 5.42. The first-order chi connectivity index (χ1) is 13.1. The summed E-state index contributed by atoms with van der Waals surface area (Å²) in [6, 6.07) is 11.9. The molecule has 1 aliphatic rings. The van der Waals surface area contributed by atoms with Gasteiger partial charge < -0.3 is 14.6 Å². The van der Waals surface area contributed by atoms with Crippen LogP contribution in [0.5, 0.6) is 0 Å². The summed E-state index contributed by atoms with van der Waals surface area (Å²) in [5.74, 6) is -0.709. The fourth-order valence-electron chi connectivity index (χ4n) is 3.92. The summed E-state index contributed by atoms with van der Waals surface area (Å²) >= 11 is 0. The van der Waals surface area contributed by atoms with Crippen LogP contribution in [0.2, 0.25) is 0 Å². The molecule has 0 unspecified atom stereocenters. The molecule has 1 amide bonds. The van der Waals surface area contributed by atoms with E-state index in [1.54, 1.807) is 6.20 Å². The highest BCUT2D eigenvalue weighted by Crippen LogP contribution is 2.27. The smallest absolute Gasteiger partial charge is 0.325 e. The van der Waals surface area contributed by atoms with Gasteiger partial charge in [0.25, 0.3) is 0 Å². The van der Waals surface area contributed by atoms with Gasteiger partial charge in [0.2, 0.25) is 5.91 Å². The molecule has 7 heteroatoms. The van der Waals surface area contributed by atoms with Gasteiger partial charge in [-0.05, 0) is 36.4 Å². The number of fused-ring (bicyclic) bond motifs is 1. The fourth-order valence-corrected chi connectivity index (χ4v) is 3.92. The van der Waals surface area contributed by atoms with E-state index in [1.807, 2.05) is 52.1 Å². The number of hydrogen-bond acceptors (Lipinski definition) is 3. The Balaban J connectivity index is 1.47. The molecule has 1 aromatic carbocycles. The van der Waals surface area contributed by atoms with Crippen LogP contribution in [0.3, 0.4) is 0 Å². The van der Waals surface area contributed by atoms with Crippen LogP contribution in [-0.2, 0) is 22.7 Å². The van der Waals surface area contributed by atoms with Gasteiger partial charge in [-0.3, -0.25) is 14.3 Å². The van der Waals surface area contributed by atoms with Crippen LogP contribution < -0.4 is 0 Å². The SMILES string of the molecule is O=C(O)Cn1nccc1[C@H]1CCCN(C(=O)Cn2ccc3ccccc32)C1. The Labute approximate surface area is 156 Å². The van der Waals surface area contributed by atoms with Crippen molar-refractivity contribution in [3.63, 3.8) is 0 Å². The number of carbonyl (C=O) groups is 2. The van der Waals surface area contributed by atoms with Gasteiger partial charge in [0.1, 0.15) is 13.1 Å². The van der Waals surface area contributed by atoms with E-state index in [0.29, 0.717) is 13.1 Å². The number of carboxylic acid groups (broad SMARTS) is 1. The number of likely N-dealkylation sites (tertiary alicyclic amines) is 1. The number of rotatable bonds is 5. The molecule has 3 heterocycles. The molecule has 0 radical (unpaired) electrons. The summed E-state index contributed by atoms with van der Waals surface area (Å²) in [6.45, 7) is 1.50. The largest absolute Gasteiger partial charge is 0.480 e. The van der Waals surface area contributed by atoms with Crippen LogP contribution in [0.25, 0.3) is 10.9 Å². The maximum Gasteiger partial charge on any atom is 0.325 e. The first-order valence-electron chi connectivity index (χ1n) is 9.17. The standard InChI is InChI=1S/C20H22N4O3/c25-19(13-22-11-8-15-4-1-2-6-17(15)22)23-10-3-5-16(12-23)18-7-9-21-24(18)14-20(26)27/h1-2,4,6-9,11,16H,3,5,10,12-14H2,(H,26,27)/t16-/m0/s1. The molecule has 1 saturated heterocycles. The first-order valence-corrected chi connectivity index (χ1v) is 9.17. The number of benzene rings is 1. The molecule has 1 N–H and O–H groups in total. The van der Waals surface area contributed by atoms with Crippen molar-refractivity contribution in [1.82, 2.24) is 19.2 Å². The summed E-state index contributed by atoms with van der Waals surface area (Å²) in [5.41, 5.74) is 1.94. The quantitative estimate of drug-likeness (QED) is 0.751. The van der Waals surface area contributed by atoms with E-state index < -0.39 is 5.97 Å². The molecule has 1 atom stereocenters. The van der Waals surface area contributed by atoms with Gasteiger partial charge in [0.15, 0.2) is 0 Å². The monoisotopic (exact) mass is 366 g/mol. The second-order valence-corrected chi connectivity index (χ2v) is 6.99. The summed E-state index contributed by atoms with van der Waals surface area (Å²) in [4.78, 5) is 25.8. The van der Waals surface area contributed by atoms with E-state index in [2.05, 4.69) is 5.10 Å². The van der Waals surface area contributed by atoms with Crippen LogP contribution in [0.1, 0.15) is 24.5 Å². The van der Waals surface area contributed by atoms with E-state index in [0.717, 1.165) is 36.0 Å². The van der Waals surface area contributed by atoms with Crippen molar-refractivity contribution in [3.05, 3.63) is 54.5 Å². The number of carbonyl (C=O) groups excluding carboxylic acids is 1. The van der Waals surface area contributed by atoms with E-state index in [9.17, 15) is 9.59 Å². The number of hydrogen-bond donors (Lipinski definition) is 1. The normalized spacial score (nSPS) is 17.3. The van der Waals surface area contributed by atoms with Crippen molar-refractivity contribution in [2.75, 3.05) is 13.1 Å². The predicted molar refractivity (Wildman–Crippen MR) is 100 cm³/mol. The number of amides is 1. The molecule has 1 aliphatic heterocycles. The van der Waals surface area contributed by atoms with Gasteiger partial charge in [-0.15, -0.1) is 0 Å². The van der Waals surface area contributed by atoms with Crippen LogP contribution in [0.15, 0.2) is 48.8 Å². The highest BCUT2D eigenvalue weighted by molar-refractivity contribution is 5.83. The number of aromatic nitrogens is 3. The number of piperidine rings is 1. The number of carboxylic acids is 1. The van der Waals surface area contributed by atoms with Gasteiger partial charge >= 0.3 is 5.97 Å². The van der Waals surface area contributed by atoms with Gasteiger partial charge in [0, 0.05) is 42.6 Å². The molecule has 1 fully saturated rings. The predicted octanol–water partition coefficient (Wildman–Crippen LogP) is 2.33. The molecule has 7 nitrogen and oxygen atoms in total. The highest BCUT2D eigenvalue weighted by Gasteiger charge is 2.27. The third-order valence-electron chi connectivity index (χ3n) is 5.21. The zero-order valence-corrected chi connectivity index (χ0v) is 15.0. The van der Waals surface area contributed by atoms with Crippen molar-refractivity contribution in [1.29, 1.82) is 0 Å². The second-order valence-electron chi connectivity index (χ2n) is 6.99. The lowest BCUT2D eigenvalue weighted by Gasteiger charge is -2.33. The molecule has 140 valence electrons. The molecule has 0 bridgehead atoms. The van der Waals surface area contributed by atoms with E-state index in [4.69, 9.17) is 5.11 Å². The number of para-hydroxylation sites is 1. The van der Waals surface area contributed by atoms with Gasteiger partial charge in [-0.25, -0.2) is 0 Å². The van der Waals surface area contributed by atoms with E-state index in [-0.39, 0.29) is 18.4 Å². The summed E-state index contributed by atoms with van der Waals surface area (Å²) < 4.78 is 3.51. The minimum absolute atomic E-state index is 0.0883. The fraction of sp³-hybridized carbons (Fsp3) is 0.350. The Bertz CT molecular complexity index is 974. The van der Waals surface area contributed by atoms with Gasteiger partial charge in [-0.2, -0.15) is 5.10 Å². The van der Waals surface area contributed by atoms with Crippen LogP contribution in [0.4, 0.5) is 0 Å². The average Bonchev–Trinajstić information content (AvgIpc) is 3.29. The maximum absolute atomic E-state index is 12.9. The van der Waals surface area contributed by atoms with Gasteiger partial charge in [0.05, 0.1) is 0 Å². The molecule has 0 spiro atoms. The van der Waals surface area contributed by atoms with Crippen LogP contribution in [0, 0.1) is 0 Å². The lowest BCUT2D eigenvalue weighted by atomic mass is 9.94.